The van der Waals surface area contributed by atoms with Gasteiger partial charge in [-0.3, -0.25) is 4.98 Å². The Kier molecular flexibility index (Phi) is 2.86. The van der Waals surface area contributed by atoms with Crippen molar-refractivity contribution in [1.82, 2.24) is 25.2 Å². The zero-order valence-electron chi connectivity index (χ0n) is 10.7. The van der Waals surface area contributed by atoms with Gasteiger partial charge in [0.05, 0.1) is 7.05 Å². The standard InChI is InChI=1S/C13H11FN6/c1-20-18-13(17-19-20)12-5-2-8(7-16-12)10-4-3-9(15)6-11(10)14/h2-7H,15H2,1H3. The zero-order chi connectivity index (χ0) is 14.1. The Morgan fingerprint density at radius 2 is 2.05 bits per heavy atom. The van der Waals surface area contributed by atoms with E-state index in [0.717, 1.165) is 0 Å². The lowest BCUT2D eigenvalue weighted by Crippen LogP contribution is -1.93. The number of rotatable bonds is 2. The maximum absolute atomic E-state index is 13.8. The van der Waals surface area contributed by atoms with Crippen molar-refractivity contribution < 1.29 is 4.39 Å². The van der Waals surface area contributed by atoms with Gasteiger partial charge >= 0.3 is 0 Å². The summed E-state index contributed by atoms with van der Waals surface area (Å²) in [6.07, 6.45) is 1.57. The number of hydrogen-bond donors (Lipinski definition) is 1. The second-order valence-electron chi connectivity index (χ2n) is 4.27. The largest absolute Gasteiger partial charge is 0.399 e. The van der Waals surface area contributed by atoms with Crippen LogP contribution in [0.25, 0.3) is 22.6 Å². The van der Waals surface area contributed by atoms with Gasteiger partial charge in [-0.1, -0.05) is 6.07 Å². The average Bonchev–Trinajstić information content (AvgIpc) is 2.86. The Balaban J connectivity index is 1.97. The van der Waals surface area contributed by atoms with Crippen LogP contribution in [0.1, 0.15) is 0 Å². The summed E-state index contributed by atoms with van der Waals surface area (Å²) in [5.41, 5.74) is 7.61. The molecule has 2 heterocycles. The maximum atomic E-state index is 13.8. The first kappa shape index (κ1) is 12.2. The first-order chi connectivity index (χ1) is 9.63. The summed E-state index contributed by atoms with van der Waals surface area (Å²) >= 11 is 0. The van der Waals surface area contributed by atoms with Gasteiger partial charge in [-0.15, -0.1) is 10.2 Å². The zero-order valence-corrected chi connectivity index (χ0v) is 10.7. The topological polar surface area (TPSA) is 82.5 Å². The van der Waals surface area contributed by atoms with Gasteiger partial charge in [0.25, 0.3) is 0 Å². The third-order valence-electron chi connectivity index (χ3n) is 2.81. The number of anilines is 1. The molecule has 0 amide bonds. The van der Waals surface area contributed by atoms with Crippen molar-refractivity contribution in [2.24, 2.45) is 7.05 Å². The molecule has 0 aliphatic carbocycles. The molecule has 20 heavy (non-hydrogen) atoms. The number of pyridine rings is 1. The molecule has 2 N–H and O–H groups in total. The summed E-state index contributed by atoms with van der Waals surface area (Å²) in [5.74, 6) is 0.0500. The number of tetrazole rings is 1. The lowest BCUT2D eigenvalue weighted by atomic mass is 10.1. The average molecular weight is 270 g/mol. The van der Waals surface area contributed by atoms with Crippen LogP contribution in [0, 0.1) is 5.82 Å². The molecule has 0 atom stereocenters. The Labute approximate surface area is 114 Å². The summed E-state index contributed by atoms with van der Waals surface area (Å²) < 4.78 is 13.8. The third kappa shape index (κ3) is 2.20. The lowest BCUT2D eigenvalue weighted by molar-refractivity contribution is 0.630. The monoisotopic (exact) mass is 270 g/mol. The molecule has 0 saturated carbocycles. The second kappa shape index (κ2) is 4.69. The number of aromatic nitrogens is 5. The van der Waals surface area contributed by atoms with Gasteiger partial charge in [0, 0.05) is 23.0 Å². The van der Waals surface area contributed by atoms with Crippen molar-refractivity contribution in [3.8, 4) is 22.6 Å². The summed E-state index contributed by atoms with van der Waals surface area (Å²) in [6, 6.07) is 8.04. The molecule has 100 valence electrons. The van der Waals surface area contributed by atoms with Crippen LogP contribution in [-0.4, -0.2) is 25.2 Å². The van der Waals surface area contributed by atoms with E-state index in [9.17, 15) is 4.39 Å². The van der Waals surface area contributed by atoms with Crippen LogP contribution in [0.3, 0.4) is 0 Å². The first-order valence-electron chi connectivity index (χ1n) is 5.89. The van der Waals surface area contributed by atoms with Crippen LogP contribution in [0.5, 0.6) is 0 Å². The molecule has 0 unspecified atom stereocenters. The normalized spacial score (nSPS) is 10.7. The number of benzene rings is 1. The number of nitrogens with two attached hydrogens (primary N) is 1. The molecule has 0 radical (unpaired) electrons. The highest BCUT2D eigenvalue weighted by molar-refractivity contribution is 5.67. The Morgan fingerprint density at radius 1 is 1.20 bits per heavy atom. The Hall–Kier alpha value is -2.83. The minimum absolute atomic E-state index is 0.378. The Bertz CT molecular complexity index is 750. The van der Waals surface area contributed by atoms with Crippen LogP contribution >= 0.6 is 0 Å². The molecule has 7 heteroatoms. The smallest absolute Gasteiger partial charge is 0.223 e. The quantitative estimate of drug-likeness (QED) is 0.716. The molecule has 6 nitrogen and oxygen atoms in total. The van der Waals surface area contributed by atoms with Gasteiger partial charge in [-0.05, 0) is 29.5 Å². The number of hydrogen-bond acceptors (Lipinski definition) is 5. The second-order valence-corrected chi connectivity index (χ2v) is 4.27. The molecular formula is C13H11FN6. The van der Waals surface area contributed by atoms with Crippen LogP contribution in [0.2, 0.25) is 0 Å². The predicted molar refractivity (Wildman–Crippen MR) is 71.8 cm³/mol. The van der Waals surface area contributed by atoms with E-state index >= 15 is 0 Å². The third-order valence-corrected chi connectivity index (χ3v) is 2.81. The van der Waals surface area contributed by atoms with E-state index in [4.69, 9.17) is 5.73 Å². The lowest BCUT2D eigenvalue weighted by Gasteiger charge is -2.04. The van der Waals surface area contributed by atoms with E-state index in [0.29, 0.717) is 28.3 Å². The number of nitrogens with zero attached hydrogens (tertiary/aromatic N) is 5. The summed E-state index contributed by atoms with van der Waals surface area (Å²) in [4.78, 5) is 5.58. The van der Waals surface area contributed by atoms with Gasteiger partial charge in [-0.25, -0.2) is 4.39 Å². The molecule has 0 bridgehead atoms. The van der Waals surface area contributed by atoms with E-state index in [1.54, 1.807) is 37.5 Å². The molecule has 0 aliphatic rings. The number of nitrogen functional groups attached to an aromatic ring is 1. The molecule has 0 aliphatic heterocycles. The fourth-order valence-corrected chi connectivity index (χ4v) is 1.84. The summed E-state index contributed by atoms with van der Waals surface area (Å²) in [6.45, 7) is 0. The van der Waals surface area contributed by atoms with Gasteiger partial charge in [0.1, 0.15) is 11.5 Å². The van der Waals surface area contributed by atoms with Crippen LogP contribution in [0.4, 0.5) is 10.1 Å². The van der Waals surface area contributed by atoms with Crippen molar-refractivity contribution in [2.45, 2.75) is 0 Å². The van der Waals surface area contributed by atoms with E-state index in [1.807, 2.05) is 0 Å². The highest BCUT2D eigenvalue weighted by Crippen LogP contribution is 2.24. The van der Waals surface area contributed by atoms with Gasteiger partial charge in [-0.2, -0.15) is 4.80 Å². The fourth-order valence-electron chi connectivity index (χ4n) is 1.84. The molecule has 2 aromatic heterocycles. The minimum Gasteiger partial charge on any atom is -0.399 e. The van der Waals surface area contributed by atoms with E-state index in [2.05, 4.69) is 20.4 Å². The van der Waals surface area contributed by atoms with Crippen LogP contribution in [0.15, 0.2) is 36.5 Å². The van der Waals surface area contributed by atoms with Crippen molar-refractivity contribution in [1.29, 1.82) is 0 Å². The Morgan fingerprint density at radius 3 is 2.65 bits per heavy atom. The summed E-state index contributed by atoms with van der Waals surface area (Å²) in [5, 5.41) is 11.7. The van der Waals surface area contributed by atoms with Crippen molar-refractivity contribution >= 4 is 5.69 Å². The van der Waals surface area contributed by atoms with E-state index in [-0.39, 0.29) is 5.82 Å². The molecular weight excluding hydrogens is 259 g/mol. The van der Waals surface area contributed by atoms with Gasteiger partial charge in [0.15, 0.2) is 0 Å². The molecule has 3 rings (SSSR count). The van der Waals surface area contributed by atoms with Crippen molar-refractivity contribution in [2.75, 3.05) is 5.73 Å². The fraction of sp³-hybridized carbons (Fsp3) is 0.0769. The SMILES string of the molecule is Cn1nnc(-c2ccc(-c3ccc(N)cc3F)cn2)n1. The maximum Gasteiger partial charge on any atom is 0.223 e. The van der Waals surface area contributed by atoms with Crippen molar-refractivity contribution in [3.05, 3.63) is 42.3 Å². The highest BCUT2D eigenvalue weighted by Gasteiger charge is 2.09. The molecule has 3 aromatic rings. The van der Waals surface area contributed by atoms with Gasteiger partial charge in [0.2, 0.25) is 5.82 Å². The number of aryl methyl sites for hydroxylation is 1. The van der Waals surface area contributed by atoms with Crippen LogP contribution in [-0.2, 0) is 7.05 Å². The van der Waals surface area contributed by atoms with Gasteiger partial charge < -0.3 is 5.73 Å². The minimum atomic E-state index is -0.378. The van der Waals surface area contributed by atoms with E-state index < -0.39 is 0 Å². The van der Waals surface area contributed by atoms with Crippen LogP contribution < -0.4 is 5.73 Å². The van der Waals surface area contributed by atoms with E-state index in [1.165, 1.54) is 10.9 Å². The first-order valence-corrected chi connectivity index (χ1v) is 5.89. The molecule has 0 fully saturated rings. The predicted octanol–water partition coefficient (Wildman–Crippen LogP) is 1.66. The number of halogens is 1. The highest BCUT2D eigenvalue weighted by atomic mass is 19.1. The molecule has 1 aromatic carbocycles. The van der Waals surface area contributed by atoms with Crippen molar-refractivity contribution in [3.63, 3.8) is 0 Å². The summed E-state index contributed by atoms with van der Waals surface area (Å²) in [7, 11) is 1.68. The molecule has 0 saturated heterocycles. The molecule has 0 spiro atoms.